The summed E-state index contributed by atoms with van der Waals surface area (Å²) in [5.41, 5.74) is 4.08. The van der Waals surface area contributed by atoms with Crippen LogP contribution in [-0.4, -0.2) is 32.1 Å². The van der Waals surface area contributed by atoms with Crippen LogP contribution < -0.4 is 14.8 Å². The Hall–Kier alpha value is -3.54. The van der Waals surface area contributed by atoms with Gasteiger partial charge in [0.2, 0.25) is 0 Å². The molecule has 36 heavy (non-hydrogen) atoms. The molecule has 1 heterocycles. The van der Waals surface area contributed by atoms with Crippen LogP contribution in [-0.2, 0) is 14.3 Å². The Kier molecular flexibility index (Phi) is 6.86. The molecule has 188 valence electrons. The van der Waals surface area contributed by atoms with Gasteiger partial charge in [0.05, 0.1) is 14.2 Å². The van der Waals surface area contributed by atoms with Crippen molar-refractivity contribution in [2.75, 3.05) is 14.2 Å². The lowest BCUT2D eigenvalue weighted by molar-refractivity contribution is -0.153. The van der Waals surface area contributed by atoms with E-state index >= 15 is 0 Å². The standard InChI is InChI=1S/C30H33NO5/c1-18-27(30(33)36-24-6-4-5-7-24)28(20-10-14-23(35-3)15-11-20)29-25(31-18)16-21(17-26(29)32)19-8-12-22(34-2)13-9-19/h8-15,21,24,27-28,31H,1,4-7,16-17H2,2-3H3. The minimum Gasteiger partial charge on any atom is -0.497 e. The topological polar surface area (TPSA) is 73.9 Å². The van der Waals surface area contributed by atoms with Crippen LogP contribution in [0.4, 0.5) is 0 Å². The Balaban J connectivity index is 1.51. The summed E-state index contributed by atoms with van der Waals surface area (Å²) in [7, 11) is 3.26. The van der Waals surface area contributed by atoms with Gasteiger partial charge in [-0.2, -0.15) is 0 Å². The highest BCUT2D eigenvalue weighted by Crippen LogP contribution is 2.47. The van der Waals surface area contributed by atoms with Crippen LogP contribution in [0.2, 0.25) is 0 Å². The molecule has 5 rings (SSSR count). The molecule has 2 aliphatic carbocycles. The SMILES string of the molecule is C=C1NC2=C(C(=O)CC(c3ccc(OC)cc3)C2)C(c2ccc(OC)cc2)C1C(=O)OC1CCCC1. The van der Waals surface area contributed by atoms with E-state index in [-0.39, 0.29) is 23.8 Å². The molecule has 1 aliphatic heterocycles. The second kappa shape index (κ2) is 10.2. The Morgan fingerprint density at radius 2 is 1.47 bits per heavy atom. The maximum Gasteiger partial charge on any atom is 0.316 e. The van der Waals surface area contributed by atoms with E-state index in [2.05, 4.69) is 11.9 Å². The van der Waals surface area contributed by atoms with Crippen LogP contribution in [0.3, 0.4) is 0 Å². The number of ketones is 1. The van der Waals surface area contributed by atoms with Crippen molar-refractivity contribution < 1.29 is 23.8 Å². The molecular weight excluding hydrogens is 454 g/mol. The summed E-state index contributed by atoms with van der Waals surface area (Å²) >= 11 is 0. The number of hydrogen-bond acceptors (Lipinski definition) is 6. The lowest BCUT2D eigenvalue weighted by Crippen LogP contribution is -2.42. The van der Waals surface area contributed by atoms with Gasteiger partial charge in [0.15, 0.2) is 5.78 Å². The number of allylic oxidation sites excluding steroid dienone is 2. The summed E-state index contributed by atoms with van der Waals surface area (Å²) in [4.78, 5) is 27.2. The van der Waals surface area contributed by atoms with E-state index in [1.54, 1.807) is 14.2 Å². The molecule has 0 aromatic heterocycles. The third-order valence-electron chi connectivity index (χ3n) is 7.74. The number of methoxy groups -OCH3 is 2. The van der Waals surface area contributed by atoms with Crippen molar-refractivity contribution in [2.45, 2.75) is 56.5 Å². The first-order valence-corrected chi connectivity index (χ1v) is 12.7. The molecule has 3 aliphatic rings. The second-order valence-electron chi connectivity index (χ2n) is 9.92. The lowest BCUT2D eigenvalue weighted by Gasteiger charge is -2.40. The van der Waals surface area contributed by atoms with Crippen molar-refractivity contribution in [1.29, 1.82) is 0 Å². The highest BCUT2D eigenvalue weighted by Gasteiger charge is 2.46. The van der Waals surface area contributed by atoms with Gasteiger partial charge in [0, 0.05) is 29.3 Å². The first-order chi connectivity index (χ1) is 17.5. The van der Waals surface area contributed by atoms with Gasteiger partial charge in [-0.05, 0) is 73.4 Å². The zero-order chi connectivity index (χ0) is 25.2. The van der Waals surface area contributed by atoms with E-state index in [0.717, 1.165) is 54.0 Å². The van der Waals surface area contributed by atoms with E-state index in [0.29, 0.717) is 24.1 Å². The van der Waals surface area contributed by atoms with Crippen LogP contribution in [0, 0.1) is 5.92 Å². The Labute approximate surface area is 212 Å². The van der Waals surface area contributed by atoms with Crippen molar-refractivity contribution in [3.05, 3.63) is 83.2 Å². The molecule has 6 heteroatoms. The Morgan fingerprint density at radius 3 is 2.06 bits per heavy atom. The van der Waals surface area contributed by atoms with Crippen molar-refractivity contribution in [2.24, 2.45) is 5.92 Å². The van der Waals surface area contributed by atoms with E-state index in [9.17, 15) is 9.59 Å². The third-order valence-corrected chi connectivity index (χ3v) is 7.74. The third kappa shape index (κ3) is 4.64. The summed E-state index contributed by atoms with van der Waals surface area (Å²) < 4.78 is 16.6. The van der Waals surface area contributed by atoms with Gasteiger partial charge in [-0.1, -0.05) is 30.8 Å². The number of carbonyl (C=O) groups is 2. The molecule has 0 radical (unpaired) electrons. The lowest BCUT2D eigenvalue weighted by atomic mass is 9.69. The number of Topliss-reactive ketones (excluding diaryl/α,β-unsaturated/α-hetero) is 1. The summed E-state index contributed by atoms with van der Waals surface area (Å²) in [6, 6.07) is 15.5. The molecule has 2 aromatic rings. The summed E-state index contributed by atoms with van der Waals surface area (Å²) in [6.07, 6.45) is 4.93. The highest BCUT2D eigenvalue weighted by atomic mass is 16.5. The van der Waals surface area contributed by atoms with Crippen molar-refractivity contribution in [3.8, 4) is 11.5 Å². The van der Waals surface area contributed by atoms with E-state index < -0.39 is 11.8 Å². The average Bonchev–Trinajstić information content (AvgIpc) is 3.40. The minimum atomic E-state index is -0.667. The van der Waals surface area contributed by atoms with Crippen LogP contribution in [0.5, 0.6) is 11.5 Å². The Bertz CT molecular complexity index is 1170. The number of benzene rings is 2. The van der Waals surface area contributed by atoms with E-state index in [1.165, 1.54) is 0 Å². The number of hydrogen-bond donors (Lipinski definition) is 1. The maximum absolute atomic E-state index is 13.7. The molecule has 2 aromatic carbocycles. The minimum absolute atomic E-state index is 0.0426. The number of carbonyl (C=O) groups excluding carboxylic acids is 2. The summed E-state index contributed by atoms with van der Waals surface area (Å²) in [5, 5.41) is 3.36. The molecule has 3 unspecified atom stereocenters. The predicted octanol–water partition coefficient (Wildman–Crippen LogP) is 5.41. The fourth-order valence-electron chi connectivity index (χ4n) is 5.85. The molecule has 0 spiro atoms. The molecule has 0 saturated heterocycles. The average molecular weight is 488 g/mol. The fraction of sp³-hybridized carbons (Fsp3) is 0.400. The van der Waals surface area contributed by atoms with Gasteiger partial charge in [0.25, 0.3) is 0 Å². The largest absolute Gasteiger partial charge is 0.497 e. The van der Waals surface area contributed by atoms with Gasteiger partial charge in [0.1, 0.15) is 23.5 Å². The van der Waals surface area contributed by atoms with Gasteiger partial charge in [-0.15, -0.1) is 0 Å². The van der Waals surface area contributed by atoms with Crippen molar-refractivity contribution in [3.63, 3.8) is 0 Å². The van der Waals surface area contributed by atoms with Crippen LogP contribution >= 0.6 is 0 Å². The number of esters is 1. The second-order valence-corrected chi connectivity index (χ2v) is 9.92. The van der Waals surface area contributed by atoms with Crippen LogP contribution in [0.15, 0.2) is 72.1 Å². The molecule has 0 bridgehead atoms. The van der Waals surface area contributed by atoms with Crippen LogP contribution in [0.25, 0.3) is 0 Å². The molecule has 6 nitrogen and oxygen atoms in total. The van der Waals surface area contributed by atoms with Gasteiger partial charge < -0.3 is 19.5 Å². The van der Waals surface area contributed by atoms with Gasteiger partial charge >= 0.3 is 5.97 Å². The van der Waals surface area contributed by atoms with Gasteiger partial charge in [-0.25, -0.2) is 0 Å². The fourth-order valence-corrected chi connectivity index (χ4v) is 5.85. The van der Waals surface area contributed by atoms with E-state index in [4.69, 9.17) is 14.2 Å². The molecular formula is C30H33NO5. The zero-order valence-corrected chi connectivity index (χ0v) is 20.9. The summed E-state index contributed by atoms with van der Waals surface area (Å²) in [5.74, 6) is 0.181. The number of nitrogens with one attached hydrogen (secondary N) is 1. The molecule has 1 N–H and O–H groups in total. The number of ether oxygens (including phenoxy) is 3. The monoisotopic (exact) mass is 487 g/mol. The number of rotatable bonds is 6. The molecule has 3 atom stereocenters. The van der Waals surface area contributed by atoms with Crippen LogP contribution in [0.1, 0.15) is 61.5 Å². The normalized spacial score (nSPS) is 24.2. The predicted molar refractivity (Wildman–Crippen MR) is 137 cm³/mol. The first-order valence-electron chi connectivity index (χ1n) is 12.7. The first kappa shape index (κ1) is 24.2. The van der Waals surface area contributed by atoms with E-state index in [1.807, 2.05) is 48.5 Å². The highest BCUT2D eigenvalue weighted by molar-refractivity contribution is 6.01. The molecule has 1 saturated carbocycles. The summed E-state index contributed by atoms with van der Waals surface area (Å²) in [6.45, 7) is 4.24. The smallest absolute Gasteiger partial charge is 0.316 e. The maximum atomic E-state index is 13.7. The molecule has 0 amide bonds. The Morgan fingerprint density at radius 1 is 0.889 bits per heavy atom. The zero-order valence-electron chi connectivity index (χ0n) is 20.9. The van der Waals surface area contributed by atoms with Crippen molar-refractivity contribution >= 4 is 11.8 Å². The quantitative estimate of drug-likeness (QED) is 0.550. The van der Waals surface area contributed by atoms with Gasteiger partial charge in [-0.3, -0.25) is 9.59 Å². The molecule has 1 fully saturated rings. The van der Waals surface area contributed by atoms with Crippen molar-refractivity contribution in [1.82, 2.24) is 5.32 Å².